The lowest BCUT2D eigenvalue weighted by Crippen LogP contribution is -2.46. The molecule has 3 aliphatic rings. The van der Waals surface area contributed by atoms with E-state index in [9.17, 15) is 0 Å². The second-order valence-corrected chi connectivity index (χ2v) is 6.53. The first-order valence-electron chi connectivity index (χ1n) is 8.03. The maximum atomic E-state index is 3.91. The third kappa shape index (κ3) is 2.89. The number of piperidine rings is 2. The Kier molecular flexibility index (Phi) is 4.22. The van der Waals surface area contributed by atoms with Gasteiger partial charge in [0.2, 0.25) is 0 Å². The van der Waals surface area contributed by atoms with Crippen LogP contribution in [0.3, 0.4) is 0 Å². The van der Waals surface area contributed by atoms with Crippen molar-refractivity contribution in [1.82, 2.24) is 15.1 Å². The molecule has 0 aliphatic carbocycles. The zero-order chi connectivity index (χ0) is 12.4. The zero-order valence-electron chi connectivity index (χ0n) is 11.9. The maximum Gasteiger partial charge on any atom is 0.0120 e. The molecule has 0 aromatic rings. The highest BCUT2D eigenvalue weighted by Gasteiger charge is 2.34. The van der Waals surface area contributed by atoms with Gasteiger partial charge in [-0.15, -0.1) is 0 Å². The summed E-state index contributed by atoms with van der Waals surface area (Å²) in [4.78, 5) is 5.23. The smallest absolute Gasteiger partial charge is 0.0120 e. The molecule has 2 bridgehead atoms. The van der Waals surface area contributed by atoms with Crippen LogP contribution in [0.1, 0.15) is 32.6 Å². The first kappa shape index (κ1) is 12.9. The van der Waals surface area contributed by atoms with Crippen LogP contribution in [-0.2, 0) is 0 Å². The van der Waals surface area contributed by atoms with Gasteiger partial charge in [0.25, 0.3) is 0 Å². The van der Waals surface area contributed by atoms with Gasteiger partial charge in [0.15, 0.2) is 0 Å². The van der Waals surface area contributed by atoms with E-state index in [0.717, 1.165) is 17.9 Å². The summed E-state index contributed by atoms with van der Waals surface area (Å²) in [6, 6.07) is 0.827. The molecule has 3 heteroatoms. The molecular formula is C15H29N3. The van der Waals surface area contributed by atoms with Crippen LogP contribution in [0.15, 0.2) is 0 Å². The number of hydrogen-bond donors (Lipinski definition) is 1. The number of hydrogen-bond acceptors (Lipinski definition) is 3. The Morgan fingerprint density at radius 2 is 1.78 bits per heavy atom. The van der Waals surface area contributed by atoms with Gasteiger partial charge >= 0.3 is 0 Å². The van der Waals surface area contributed by atoms with E-state index in [2.05, 4.69) is 22.0 Å². The Bertz CT molecular complexity index is 260. The van der Waals surface area contributed by atoms with Crippen molar-refractivity contribution >= 4 is 0 Å². The van der Waals surface area contributed by atoms with Crippen LogP contribution in [0.2, 0.25) is 0 Å². The van der Waals surface area contributed by atoms with Crippen molar-refractivity contribution in [2.24, 2.45) is 11.8 Å². The molecule has 3 aliphatic heterocycles. The van der Waals surface area contributed by atoms with Crippen molar-refractivity contribution in [2.45, 2.75) is 38.6 Å². The van der Waals surface area contributed by atoms with Crippen molar-refractivity contribution in [3.63, 3.8) is 0 Å². The topological polar surface area (TPSA) is 18.5 Å². The van der Waals surface area contributed by atoms with Crippen molar-refractivity contribution in [2.75, 3.05) is 45.8 Å². The van der Waals surface area contributed by atoms with Crippen LogP contribution in [0.25, 0.3) is 0 Å². The Labute approximate surface area is 112 Å². The van der Waals surface area contributed by atoms with E-state index in [0.29, 0.717) is 0 Å². The first-order valence-corrected chi connectivity index (χ1v) is 8.03. The summed E-state index contributed by atoms with van der Waals surface area (Å²) in [6.07, 6.45) is 5.64. The van der Waals surface area contributed by atoms with Crippen molar-refractivity contribution in [3.05, 3.63) is 0 Å². The van der Waals surface area contributed by atoms with E-state index in [1.165, 1.54) is 71.5 Å². The molecule has 0 spiro atoms. The Morgan fingerprint density at radius 1 is 1.00 bits per heavy atom. The molecule has 1 N–H and O–H groups in total. The summed E-state index contributed by atoms with van der Waals surface area (Å²) in [6.45, 7) is 11.5. The molecular weight excluding hydrogens is 222 g/mol. The molecule has 3 saturated heterocycles. The lowest BCUT2D eigenvalue weighted by Gasteiger charge is -2.35. The molecule has 0 saturated carbocycles. The highest BCUT2D eigenvalue weighted by molar-refractivity contribution is 4.91. The molecule has 3 atom stereocenters. The summed E-state index contributed by atoms with van der Waals surface area (Å²) in [7, 11) is 0. The summed E-state index contributed by atoms with van der Waals surface area (Å²) < 4.78 is 0. The third-order valence-corrected chi connectivity index (χ3v) is 5.46. The minimum absolute atomic E-state index is 0.827. The molecule has 3 fully saturated rings. The molecule has 3 rings (SSSR count). The number of rotatable bonds is 4. The fourth-order valence-corrected chi connectivity index (χ4v) is 4.05. The van der Waals surface area contributed by atoms with E-state index in [4.69, 9.17) is 0 Å². The van der Waals surface area contributed by atoms with Crippen LogP contribution in [0, 0.1) is 11.8 Å². The fraction of sp³-hybridized carbons (Fsp3) is 1.00. The maximum absolute atomic E-state index is 3.91. The van der Waals surface area contributed by atoms with E-state index < -0.39 is 0 Å². The Hall–Kier alpha value is -0.120. The number of fused-ring (bicyclic) bond motifs is 2. The van der Waals surface area contributed by atoms with E-state index in [1.807, 2.05) is 0 Å². The van der Waals surface area contributed by atoms with Crippen LogP contribution in [0.4, 0.5) is 0 Å². The van der Waals surface area contributed by atoms with Crippen LogP contribution in [-0.4, -0.2) is 61.7 Å². The van der Waals surface area contributed by atoms with Gasteiger partial charge in [-0.05, 0) is 76.8 Å². The van der Waals surface area contributed by atoms with Gasteiger partial charge < -0.3 is 15.1 Å². The van der Waals surface area contributed by atoms with Crippen molar-refractivity contribution in [3.8, 4) is 0 Å². The van der Waals surface area contributed by atoms with Crippen molar-refractivity contribution in [1.29, 1.82) is 0 Å². The average molecular weight is 251 g/mol. The van der Waals surface area contributed by atoms with Gasteiger partial charge in [0.1, 0.15) is 0 Å². The zero-order valence-corrected chi connectivity index (χ0v) is 11.9. The molecule has 3 unspecified atom stereocenters. The van der Waals surface area contributed by atoms with Gasteiger partial charge in [-0.1, -0.05) is 6.92 Å². The third-order valence-electron chi connectivity index (χ3n) is 5.46. The van der Waals surface area contributed by atoms with Crippen LogP contribution in [0.5, 0.6) is 0 Å². The Morgan fingerprint density at radius 3 is 2.56 bits per heavy atom. The van der Waals surface area contributed by atoms with Crippen LogP contribution < -0.4 is 5.32 Å². The summed E-state index contributed by atoms with van der Waals surface area (Å²) >= 11 is 0. The van der Waals surface area contributed by atoms with Gasteiger partial charge in [0, 0.05) is 12.6 Å². The monoisotopic (exact) mass is 251 g/mol. The lowest BCUT2D eigenvalue weighted by atomic mass is 9.92. The fourth-order valence-electron chi connectivity index (χ4n) is 4.05. The molecule has 0 radical (unpaired) electrons. The first-order chi connectivity index (χ1) is 8.85. The average Bonchev–Trinajstić information content (AvgIpc) is 2.81. The van der Waals surface area contributed by atoms with Crippen LogP contribution >= 0.6 is 0 Å². The molecule has 104 valence electrons. The minimum Gasteiger partial charge on any atom is -0.313 e. The largest absolute Gasteiger partial charge is 0.313 e. The molecule has 0 aromatic heterocycles. The Balaban J connectivity index is 1.39. The van der Waals surface area contributed by atoms with Gasteiger partial charge in [-0.3, -0.25) is 0 Å². The quantitative estimate of drug-likeness (QED) is 0.815. The highest BCUT2D eigenvalue weighted by Crippen LogP contribution is 2.27. The second kappa shape index (κ2) is 5.89. The summed E-state index contributed by atoms with van der Waals surface area (Å²) in [5.41, 5.74) is 0. The van der Waals surface area contributed by atoms with Crippen molar-refractivity contribution < 1.29 is 0 Å². The molecule has 3 heterocycles. The predicted octanol–water partition coefficient (Wildman–Crippen LogP) is 1.40. The minimum atomic E-state index is 0.827. The molecule has 3 nitrogen and oxygen atoms in total. The molecule has 0 amide bonds. The highest BCUT2D eigenvalue weighted by atomic mass is 15.2. The SMILES string of the molecule is CCN1CCC(CNC2CCN3CCC2C3)CC1. The number of likely N-dealkylation sites (tertiary alicyclic amines) is 1. The predicted molar refractivity (Wildman–Crippen MR) is 75.8 cm³/mol. The normalized spacial score (nSPS) is 38.2. The van der Waals surface area contributed by atoms with Gasteiger partial charge in [0.05, 0.1) is 0 Å². The summed E-state index contributed by atoms with van der Waals surface area (Å²) in [5.74, 6) is 1.89. The summed E-state index contributed by atoms with van der Waals surface area (Å²) in [5, 5.41) is 3.91. The number of nitrogens with one attached hydrogen (secondary N) is 1. The standard InChI is InChI=1S/C15H29N3/c1-2-17-7-3-13(4-8-17)11-16-15-6-10-18-9-5-14(15)12-18/h13-16H,2-12H2,1H3. The second-order valence-electron chi connectivity index (χ2n) is 6.53. The molecule has 18 heavy (non-hydrogen) atoms. The van der Waals surface area contributed by atoms with E-state index >= 15 is 0 Å². The van der Waals surface area contributed by atoms with Gasteiger partial charge in [-0.25, -0.2) is 0 Å². The molecule has 0 aromatic carbocycles. The van der Waals surface area contributed by atoms with E-state index in [1.54, 1.807) is 0 Å². The van der Waals surface area contributed by atoms with E-state index in [-0.39, 0.29) is 0 Å². The number of nitrogens with zero attached hydrogens (tertiary/aromatic N) is 2. The van der Waals surface area contributed by atoms with Gasteiger partial charge in [-0.2, -0.15) is 0 Å². The lowest BCUT2D eigenvalue weighted by molar-refractivity contribution is 0.173.